The molecule has 1 aromatic carbocycles. The first-order valence-corrected chi connectivity index (χ1v) is 4.18. The summed E-state index contributed by atoms with van der Waals surface area (Å²) in [6, 6.07) is 1.17. The first kappa shape index (κ1) is 11.0. The highest BCUT2D eigenvalue weighted by Crippen LogP contribution is 2.23. The van der Waals surface area contributed by atoms with Gasteiger partial charge in [-0.2, -0.15) is 0 Å². The van der Waals surface area contributed by atoms with Gasteiger partial charge in [-0.1, -0.05) is 0 Å². The Morgan fingerprint density at radius 3 is 2.13 bits per heavy atom. The molecule has 0 aliphatic rings. The molecular weight excluding hydrogens is 198 g/mol. The van der Waals surface area contributed by atoms with Gasteiger partial charge < -0.3 is 25.5 Å². The van der Waals surface area contributed by atoms with Gasteiger partial charge in [0, 0.05) is 16.8 Å². The van der Waals surface area contributed by atoms with Crippen molar-refractivity contribution in [1.29, 1.82) is 0 Å². The van der Waals surface area contributed by atoms with Crippen LogP contribution in [0.25, 0.3) is 0 Å². The maximum absolute atomic E-state index is 10.7. The van der Waals surface area contributed by atoms with Crippen molar-refractivity contribution in [3.63, 3.8) is 0 Å². The van der Waals surface area contributed by atoms with E-state index in [-0.39, 0.29) is 22.4 Å². The zero-order chi connectivity index (χ0) is 11.7. The smallest absolute Gasteiger partial charge is 0.0736 e. The molecule has 0 fully saturated rings. The van der Waals surface area contributed by atoms with E-state index in [0.717, 1.165) is 0 Å². The van der Waals surface area contributed by atoms with Gasteiger partial charge in [-0.25, -0.2) is 0 Å². The Labute approximate surface area is 86.1 Å². The minimum atomic E-state index is -1.43. The Hall–Kier alpha value is -2.04. The molecule has 5 nitrogen and oxygen atoms in total. The second-order valence-electron chi connectivity index (χ2n) is 3.23. The van der Waals surface area contributed by atoms with Crippen LogP contribution in [0.2, 0.25) is 0 Å². The van der Waals surface area contributed by atoms with E-state index in [9.17, 15) is 19.8 Å². The van der Waals surface area contributed by atoms with Gasteiger partial charge in [0.05, 0.1) is 11.9 Å². The molecule has 0 aliphatic heterocycles. The third-order valence-electron chi connectivity index (χ3n) is 2.25. The van der Waals surface area contributed by atoms with Gasteiger partial charge in [0.15, 0.2) is 0 Å². The van der Waals surface area contributed by atoms with E-state index in [4.69, 9.17) is 5.73 Å². The Kier molecular flexibility index (Phi) is 2.65. The molecule has 0 saturated heterocycles. The molecule has 0 amide bonds. The molecule has 0 saturated carbocycles. The third kappa shape index (κ3) is 1.76. The normalized spacial score (nSPS) is 10.0. The molecule has 0 radical (unpaired) electrons. The number of carboxylic acids is 2. The van der Waals surface area contributed by atoms with Crippen molar-refractivity contribution in [2.45, 2.75) is 13.8 Å². The lowest BCUT2D eigenvalue weighted by Crippen LogP contribution is -2.28. The highest BCUT2D eigenvalue weighted by molar-refractivity contribution is 5.98. The monoisotopic (exact) mass is 207 g/mol. The van der Waals surface area contributed by atoms with Crippen molar-refractivity contribution < 1.29 is 19.8 Å². The summed E-state index contributed by atoms with van der Waals surface area (Å²) >= 11 is 0. The van der Waals surface area contributed by atoms with E-state index >= 15 is 0 Å². The van der Waals surface area contributed by atoms with E-state index in [2.05, 4.69) is 0 Å². The van der Waals surface area contributed by atoms with Crippen molar-refractivity contribution in [3.05, 3.63) is 28.3 Å². The van der Waals surface area contributed by atoms with E-state index in [1.54, 1.807) is 0 Å². The van der Waals surface area contributed by atoms with Gasteiger partial charge in [0.25, 0.3) is 0 Å². The van der Waals surface area contributed by atoms with Crippen LogP contribution in [-0.2, 0) is 0 Å². The molecule has 15 heavy (non-hydrogen) atoms. The van der Waals surface area contributed by atoms with Crippen LogP contribution in [0.4, 0.5) is 5.69 Å². The quantitative estimate of drug-likeness (QED) is 0.601. The van der Waals surface area contributed by atoms with E-state index in [1.807, 2.05) is 0 Å². The van der Waals surface area contributed by atoms with Crippen LogP contribution in [0.3, 0.4) is 0 Å². The lowest BCUT2D eigenvalue weighted by atomic mass is 9.97. The fourth-order valence-electron chi connectivity index (χ4n) is 1.48. The number of hydrogen-bond donors (Lipinski definition) is 1. The number of hydrogen-bond acceptors (Lipinski definition) is 5. The van der Waals surface area contributed by atoms with Crippen molar-refractivity contribution in [3.8, 4) is 0 Å². The molecule has 5 heteroatoms. The Balaban J connectivity index is 3.58. The summed E-state index contributed by atoms with van der Waals surface area (Å²) in [5.41, 5.74) is 5.59. The standard InChI is InChI=1S/C10H11NO4/c1-4-3-6(9(12)13)8(11)5(2)7(4)10(14)15/h3H,11H2,1-2H3,(H,12,13)(H,14,15)/p-2. The van der Waals surface area contributed by atoms with Gasteiger partial charge in [0.2, 0.25) is 0 Å². The van der Waals surface area contributed by atoms with Gasteiger partial charge in [-0.05, 0) is 31.0 Å². The van der Waals surface area contributed by atoms with Crippen LogP contribution in [0, 0.1) is 13.8 Å². The van der Waals surface area contributed by atoms with Crippen LogP contribution >= 0.6 is 0 Å². The molecule has 1 rings (SSSR count). The van der Waals surface area contributed by atoms with Gasteiger partial charge in [0.1, 0.15) is 0 Å². The molecule has 0 spiro atoms. The van der Waals surface area contributed by atoms with Crippen LogP contribution in [-0.4, -0.2) is 11.9 Å². The van der Waals surface area contributed by atoms with E-state index < -0.39 is 11.9 Å². The highest BCUT2D eigenvalue weighted by Gasteiger charge is 2.11. The molecule has 0 heterocycles. The number of nitrogens with two attached hydrogens (primary N) is 1. The predicted molar refractivity (Wildman–Crippen MR) is 49.0 cm³/mol. The fourth-order valence-corrected chi connectivity index (χ4v) is 1.48. The maximum atomic E-state index is 10.7. The topological polar surface area (TPSA) is 106 Å². The fraction of sp³-hybridized carbons (Fsp3) is 0.200. The number of carbonyl (C=O) groups excluding carboxylic acids is 2. The summed E-state index contributed by atoms with van der Waals surface area (Å²) in [7, 11) is 0. The third-order valence-corrected chi connectivity index (χ3v) is 2.25. The number of rotatable bonds is 2. The summed E-state index contributed by atoms with van der Waals surface area (Å²) in [5.74, 6) is -2.80. The van der Waals surface area contributed by atoms with E-state index in [1.165, 1.54) is 19.9 Å². The Bertz CT molecular complexity index is 451. The zero-order valence-corrected chi connectivity index (χ0v) is 8.29. The van der Waals surface area contributed by atoms with Crippen LogP contribution in [0.5, 0.6) is 0 Å². The number of nitrogen functional groups attached to an aromatic ring is 1. The largest absolute Gasteiger partial charge is 0.545 e. The van der Waals surface area contributed by atoms with Crippen molar-refractivity contribution >= 4 is 17.6 Å². The molecule has 0 atom stereocenters. The van der Waals surface area contributed by atoms with Crippen molar-refractivity contribution in [2.24, 2.45) is 0 Å². The average molecular weight is 207 g/mol. The van der Waals surface area contributed by atoms with Crippen molar-refractivity contribution in [1.82, 2.24) is 0 Å². The Morgan fingerprint density at radius 1 is 1.20 bits per heavy atom. The zero-order valence-electron chi connectivity index (χ0n) is 8.29. The Morgan fingerprint density at radius 2 is 1.73 bits per heavy atom. The molecule has 2 N–H and O–H groups in total. The number of aromatic carboxylic acids is 2. The molecule has 1 aromatic rings. The highest BCUT2D eigenvalue weighted by atomic mass is 16.4. The molecule has 80 valence electrons. The van der Waals surface area contributed by atoms with Gasteiger partial charge in [-0.3, -0.25) is 0 Å². The van der Waals surface area contributed by atoms with Gasteiger partial charge in [-0.15, -0.1) is 0 Å². The minimum Gasteiger partial charge on any atom is -0.545 e. The van der Waals surface area contributed by atoms with E-state index in [0.29, 0.717) is 5.56 Å². The second-order valence-corrected chi connectivity index (χ2v) is 3.23. The molecule has 0 aromatic heterocycles. The first-order chi connectivity index (χ1) is 6.86. The van der Waals surface area contributed by atoms with Crippen molar-refractivity contribution in [2.75, 3.05) is 5.73 Å². The maximum Gasteiger partial charge on any atom is 0.0736 e. The first-order valence-electron chi connectivity index (χ1n) is 4.18. The number of carboxylic acid groups (broad SMARTS) is 2. The van der Waals surface area contributed by atoms with Gasteiger partial charge >= 0.3 is 0 Å². The number of aryl methyl sites for hydroxylation is 1. The lowest BCUT2D eigenvalue weighted by Gasteiger charge is -2.17. The summed E-state index contributed by atoms with van der Waals surface area (Å²) in [4.78, 5) is 21.4. The predicted octanol–water partition coefficient (Wildman–Crippen LogP) is -1.39. The average Bonchev–Trinajstić information content (AvgIpc) is 2.10. The van der Waals surface area contributed by atoms with Crippen LogP contribution < -0.4 is 15.9 Å². The molecule has 0 bridgehead atoms. The summed E-state index contributed by atoms with van der Waals surface area (Å²) < 4.78 is 0. The number of benzene rings is 1. The van der Waals surface area contributed by atoms with Crippen LogP contribution in [0.1, 0.15) is 31.8 Å². The van der Waals surface area contributed by atoms with Crippen LogP contribution in [0.15, 0.2) is 6.07 Å². The second kappa shape index (κ2) is 3.61. The summed E-state index contributed by atoms with van der Waals surface area (Å²) in [5, 5.41) is 21.4. The molecule has 0 unspecified atom stereocenters. The SMILES string of the molecule is Cc1cc(C(=O)[O-])c(N)c(C)c1C(=O)[O-]. The minimum absolute atomic E-state index is 0.0718. The number of carbonyl (C=O) groups is 2. The lowest BCUT2D eigenvalue weighted by molar-refractivity contribution is -0.256. The molecule has 0 aliphatic carbocycles. The molecular formula is C10H9NO4-2. The summed E-state index contributed by atoms with van der Waals surface area (Å²) in [6.45, 7) is 2.91. The number of anilines is 1. The summed E-state index contributed by atoms with van der Waals surface area (Å²) in [6.07, 6.45) is 0.